The maximum Gasteiger partial charge on any atom is 0.273 e. The van der Waals surface area contributed by atoms with Crippen LogP contribution in [0.3, 0.4) is 0 Å². The second kappa shape index (κ2) is 7.00. The topological polar surface area (TPSA) is 91.5 Å². The van der Waals surface area contributed by atoms with Crippen LogP contribution in [0.5, 0.6) is 0 Å². The zero-order valence-electron chi connectivity index (χ0n) is 13.7. The van der Waals surface area contributed by atoms with Crippen molar-refractivity contribution in [2.24, 2.45) is 0 Å². The summed E-state index contributed by atoms with van der Waals surface area (Å²) in [7, 11) is 0. The van der Waals surface area contributed by atoms with Gasteiger partial charge >= 0.3 is 0 Å². The van der Waals surface area contributed by atoms with Crippen LogP contribution in [-0.4, -0.2) is 46.4 Å². The zero-order valence-corrected chi connectivity index (χ0v) is 13.7. The SMILES string of the molecule is CCc1cc(C(=O)NCC2(O)CCCN(c3ccccn3)C2)no1. The van der Waals surface area contributed by atoms with Gasteiger partial charge in [-0.1, -0.05) is 18.1 Å². The van der Waals surface area contributed by atoms with Crippen molar-refractivity contribution in [3.8, 4) is 0 Å². The number of β-amino-alcohol motifs (C(OH)–C–C–N with tert-alkyl or cyclic N) is 1. The zero-order chi connectivity index (χ0) is 17.0. The minimum atomic E-state index is -0.983. The third kappa shape index (κ3) is 3.73. The number of aromatic nitrogens is 2. The minimum absolute atomic E-state index is 0.170. The number of carbonyl (C=O) groups excluding carboxylic acids is 1. The summed E-state index contributed by atoms with van der Waals surface area (Å²) < 4.78 is 5.04. The predicted molar refractivity (Wildman–Crippen MR) is 88.8 cm³/mol. The molecule has 24 heavy (non-hydrogen) atoms. The second-order valence-corrected chi connectivity index (χ2v) is 6.15. The molecular weight excluding hydrogens is 308 g/mol. The molecule has 0 saturated carbocycles. The molecule has 1 unspecified atom stereocenters. The Bertz CT molecular complexity index is 688. The van der Waals surface area contributed by atoms with Crippen molar-refractivity contribution < 1.29 is 14.4 Å². The lowest BCUT2D eigenvalue weighted by atomic mass is 9.92. The first-order valence-corrected chi connectivity index (χ1v) is 8.22. The molecule has 0 aromatic carbocycles. The summed E-state index contributed by atoms with van der Waals surface area (Å²) in [6, 6.07) is 7.34. The van der Waals surface area contributed by atoms with Gasteiger partial charge in [0.2, 0.25) is 0 Å². The van der Waals surface area contributed by atoms with Crippen molar-refractivity contribution in [1.29, 1.82) is 0 Å². The summed E-state index contributed by atoms with van der Waals surface area (Å²) in [4.78, 5) is 18.5. The van der Waals surface area contributed by atoms with E-state index >= 15 is 0 Å². The highest BCUT2D eigenvalue weighted by atomic mass is 16.5. The number of carbonyl (C=O) groups is 1. The van der Waals surface area contributed by atoms with Crippen LogP contribution in [0.25, 0.3) is 0 Å². The Hall–Kier alpha value is -2.41. The molecule has 0 spiro atoms. The molecule has 3 rings (SSSR count). The Morgan fingerprint density at radius 1 is 1.50 bits per heavy atom. The van der Waals surface area contributed by atoms with E-state index in [1.807, 2.05) is 30.0 Å². The molecule has 0 radical (unpaired) electrons. The third-order valence-corrected chi connectivity index (χ3v) is 4.25. The van der Waals surface area contributed by atoms with E-state index in [0.29, 0.717) is 25.1 Å². The number of anilines is 1. The van der Waals surface area contributed by atoms with Gasteiger partial charge in [-0.15, -0.1) is 0 Å². The van der Waals surface area contributed by atoms with Crippen molar-refractivity contribution in [2.45, 2.75) is 31.8 Å². The van der Waals surface area contributed by atoms with Crippen LogP contribution in [0.2, 0.25) is 0 Å². The van der Waals surface area contributed by atoms with Crippen LogP contribution in [0, 0.1) is 0 Å². The molecule has 7 heteroatoms. The number of pyridine rings is 1. The fourth-order valence-corrected chi connectivity index (χ4v) is 2.91. The molecule has 1 aliphatic heterocycles. The first kappa shape index (κ1) is 16.4. The van der Waals surface area contributed by atoms with E-state index in [1.165, 1.54) is 0 Å². The van der Waals surface area contributed by atoms with Gasteiger partial charge in [-0.05, 0) is 25.0 Å². The molecule has 7 nitrogen and oxygen atoms in total. The number of amides is 1. The second-order valence-electron chi connectivity index (χ2n) is 6.15. The van der Waals surface area contributed by atoms with Gasteiger partial charge in [0.25, 0.3) is 5.91 Å². The van der Waals surface area contributed by atoms with Gasteiger partial charge in [-0.3, -0.25) is 4.79 Å². The van der Waals surface area contributed by atoms with Gasteiger partial charge in [0.05, 0.1) is 5.60 Å². The number of piperidine rings is 1. The van der Waals surface area contributed by atoms with Crippen molar-refractivity contribution in [3.05, 3.63) is 41.9 Å². The van der Waals surface area contributed by atoms with Gasteiger partial charge in [0, 0.05) is 38.3 Å². The number of hydrogen-bond acceptors (Lipinski definition) is 6. The highest BCUT2D eigenvalue weighted by Gasteiger charge is 2.34. The summed E-state index contributed by atoms with van der Waals surface area (Å²) in [6.45, 7) is 3.38. The number of hydrogen-bond donors (Lipinski definition) is 2. The Morgan fingerprint density at radius 3 is 3.08 bits per heavy atom. The molecule has 128 valence electrons. The molecule has 2 N–H and O–H groups in total. The summed E-state index contributed by atoms with van der Waals surface area (Å²) >= 11 is 0. The van der Waals surface area contributed by atoms with Crippen LogP contribution < -0.4 is 10.2 Å². The molecule has 1 amide bonds. The normalized spacial score (nSPS) is 20.8. The fourth-order valence-electron chi connectivity index (χ4n) is 2.91. The third-order valence-electron chi connectivity index (χ3n) is 4.25. The van der Waals surface area contributed by atoms with Crippen LogP contribution in [0.1, 0.15) is 36.0 Å². The van der Waals surface area contributed by atoms with Crippen LogP contribution in [-0.2, 0) is 6.42 Å². The lowest BCUT2D eigenvalue weighted by molar-refractivity contribution is 0.0253. The molecular formula is C17H22N4O3. The number of nitrogens with one attached hydrogen (secondary N) is 1. The smallest absolute Gasteiger partial charge is 0.273 e. The van der Waals surface area contributed by atoms with E-state index in [9.17, 15) is 9.90 Å². The molecule has 0 aliphatic carbocycles. The average molecular weight is 330 g/mol. The van der Waals surface area contributed by atoms with E-state index in [4.69, 9.17) is 4.52 Å². The minimum Gasteiger partial charge on any atom is -0.386 e. The molecule has 0 bridgehead atoms. The summed E-state index contributed by atoms with van der Waals surface area (Å²) in [5, 5.41) is 17.3. The van der Waals surface area contributed by atoms with Crippen LogP contribution >= 0.6 is 0 Å². The largest absolute Gasteiger partial charge is 0.386 e. The summed E-state index contributed by atoms with van der Waals surface area (Å²) in [5.74, 6) is 1.17. The maximum absolute atomic E-state index is 12.1. The predicted octanol–water partition coefficient (Wildman–Crippen LogP) is 1.39. The Balaban J connectivity index is 1.60. The first-order chi connectivity index (χ1) is 11.6. The molecule has 3 heterocycles. The highest BCUT2D eigenvalue weighted by molar-refractivity contribution is 5.92. The lowest BCUT2D eigenvalue weighted by Gasteiger charge is -2.39. The summed E-state index contributed by atoms with van der Waals surface area (Å²) in [5.41, 5.74) is -0.740. The van der Waals surface area contributed by atoms with Gasteiger partial charge in [0.1, 0.15) is 11.6 Å². The molecule has 2 aromatic heterocycles. The Morgan fingerprint density at radius 2 is 2.38 bits per heavy atom. The molecule has 1 aliphatic rings. The van der Waals surface area contributed by atoms with Crippen molar-refractivity contribution in [1.82, 2.24) is 15.5 Å². The van der Waals surface area contributed by atoms with Crippen molar-refractivity contribution in [2.75, 3.05) is 24.5 Å². The number of aryl methyl sites for hydroxylation is 1. The average Bonchev–Trinajstić information content (AvgIpc) is 3.10. The van der Waals surface area contributed by atoms with E-state index in [2.05, 4.69) is 15.5 Å². The molecule has 1 atom stereocenters. The van der Waals surface area contributed by atoms with Crippen molar-refractivity contribution in [3.63, 3.8) is 0 Å². The Kier molecular flexibility index (Phi) is 4.80. The van der Waals surface area contributed by atoms with E-state index in [-0.39, 0.29) is 18.1 Å². The van der Waals surface area contributed by atoms with Crippen molar-refractivity contribution >= 4 is 11.7 Å². The Labute approximate surface area is 140 Å². The highest BCUT2D eigenvalue weighted by Crippen LogP contribution is 2.24. The maximum atomic E-state index is 12.1. The molecule has 2 aromatic rings. The van der Waals surface area contributed by atoms with Gasteiger partial charge in [-0.2, -0.15) is 0 Å². The monoisotopic (exact) mass is 330 g/mol. The quantitative estimate of drug-likeness (QED) is 0.861. The first-order valence-electron chi connectivity index (χ1n) is 8.22. The van der Waals surface area contributed by atoms with E-state index in [1.54, 1.807) is 12.3 Å². The van der Waals surface area contributed by atoms with Crippen LogP contribution in [0.4, 0.5) is 5.82 Å². The number of aliphatic hydroxyl groups is 1. The lowest BCUT2D eigenvalue weighted by Crippen LogP contribution is -2.54. The van der Waals surface area contributed by atoms with Gasteiger partial charge in [-0.25, -0.2) is 4.98 Å². The van der Waals surface area contributed by atoms with E-state index in [0.717, 1.165) is 18.8 Å². The fraction of sp³-hybridized carbons (Fsp3) is 0.471. The molecule has 1 saturated heterocycles. The number of nitrogens with zero attached hydrogens (tertiary/aromatic N) is 3. The number of rotatable bonds is 5. The van der Waals surface area contributed by atoms with Crippen LogP contribution in [0.15, 0.2) is 35.0 Å². The van der Waals surface area contributed by atoms with E-state index < -0.39 is 5.60 Å². The van der Waals surface area contributed by atoms with Gasteiger partial charge < -0.3 is 19.8 Å². The van der Waals surface area contributed by atoms with Gasteiger partial charge in [0.15, 0.2) is 5.69 Å². The standard InChI is InChI=1S/C17H22N4O3/c1-2-13-10-14(20-24-13)16(22)19-11-17(23)7-5-9-21(12-17)15-6-3-4-8-18-15/h3-4,6,8,10,23H,2,5,7,9,11-12H2,1H3,(H,19,22). The molecule has 1 fully saturated rings. The summed E-state index contributed by atoms with van der Waals surface area (Å²) in [6.07, 6.45) is 3.90.